The Bertz CT molecular complexity index is 195. The SMILES string of the molecule is SCc1cc(CS)ncn1. The Morgan fingerprint density at radius 3 is 2.00 bits per heavy atom. The molecule has 0 atom stereocenters. The number of hydrogen-bond acceptors (Lipinski definition) is 4. The number of rotatable bonds is 2. The van der Waals surface area contributed by atoms with Crippen LogP contribution >= 0.6 is 25.3 Å². The Morgan fingerprint density at radius 1 is 1.10 bits per heavy atom. The van der Waals surface area contributed by atoms with E-state index in [1.54, 1.807) is 0 Å². The molecule has 0 bridgehead atoms. The maximum absolute atomic E-state index is 4.08. The van der Waals surface area contributed by atoms with E-state index in [-0.39, 0.29) is 0 Å². The van der Waals surface area contributed by atoms with Crippen LogP contribution in [-0.2, 0) is 11.5 Å². The van der Waals surface area contributed by atoms with E-state index >= 15 is 0 Å². The lowest BCUT2D eigenvalue weighted by atomic mass is 10.4. The van der Waals surface area contributed by atoms with Gasteiger partial charge in [-0.3, -0.25) is 0 Å². The molecule has 0 spiro atoms. The molecule has 54 valence electrons. The summed E-state index contributed by atoms with van der Waals surface area (Å²) in [6.45, 7) is 0. The maximum atomic E-state index is 4.08. The molecule has 0 radical (unpaired) electrons. The van der Waals surface area contributed by atoms with Crippen molar-refractivity contribution >= 4 is 25.3 Å². The first-order valence-electron chi connectivity index (χ1n) is 2.88. The predicted molar refractivity (Wildman–Crippen MR) is 47.4 cm³/mol. The number of nitrogens with zero attached hydrogens (tertiary/aromatic N) is 2. The summed E-state index contributed by atoms with van der Waals surface area (Å²) in [4.78, 5) is 7.97. The molecule has 0 aromatic carbocycles. The monoisotopic (exact) mass is 172 g/mol. The summed E-state index contributed by atoms with van der Waals surface area (Å²) in [7, 11) is 0. The van der Waals surface area contributed by atoms with Crippen LogP contribution in [0.3, 0.4) is 0 Å². The fourth-order valence-electron chi connectivity index (χ4n) is 0.617. The van der Waals surface area contributed by atoms with E-state index in [4.69, 9.17) is 0 Å². The maximum Gasteiger partial charge on any atom is 0.115 e. The van der Waals surface area contributed by atoms with Gasteiger partial charge in [-0.05, 0) is 6.07 Å². The summed E-state index contributed by atoms with van der Waals surface area (Å²) in [5.41, 5.74) is 1.89. The van der Waals surface area contributed by atoms with Gasteiger partial charge in [0, 0.05) is 11.5 Å². The summed E-state index contributed by atoms with van der Waals surface area (Å²) < 4.78 is 0. The molecule has 0 aliphatic rings. The van der Waals surface area contributed by atoms with Crippen molar-refractivity contribution in [3.05, 3.63) is 23.8 Å². The van der Waals surface area contributed by atoms with Gasteiger partial charge in [0.2, 0.25) is 0 Å². The van der Waals surface area contributed by atoms with Crippen molar-refractivity contribution in [3.8, 4) is 0 Å². The Kier molecular flexibility index (Phi) is 3.02. The second-order valence-electron chi connectivity index (χ2n) is 1.82. The van der Waals surface area contributed by atoms with Gasteiger partial charge in [-0.25, -0.2) is 9.97 Å². The largest absolute Gasteiger partial charge is 0.241 e. The summed E-state index contributed by atoms with van der Waals surface area (Å²) in [5, 5.41) is 0. The molecular formula is C6H8N2S2. The van der Waals surface area contributed by atoms with E-state index in [0.717, 1.165) is 11.4 Å². The Hall–Kier alpha value is -0.220. The molecule has 0 N–H and O–H groups in total. The summed E-state index contributed by atoms with van der Waals surface area (Å²) in [5.74, 6) is 1.31. The normalized spacial score (nSPS) is 9.80. The quantitative estimate of drug-likeness (QED) is 0.658. The van der Waals surface area contributed by atoms with Gasteiger partial charge < -0.3 is 0 Å². The minimum Gasteiger partial charge on any atom is -0.241 e. The number of thiol groups is 2. The van der Waals surface area contributed by atoms with Crippen LogP contribution in [0.2, 0.25) is 0 Å². The van der Waals surface area contributed by atoms with Crippen LogP contribution in [0.4, 0.5) is 0 Å². The molecular weight excluding hydrogens is 164 g/mol. The van der Waals surface area contributed by atoms with Crippen molar-refractivity contribution in [2.24, 2.45) is 0 Å². The molecule has 0 aliphatic carbocycles. The molecule has 10 heavy (non-hydrogen) atoms. The highest BCUT2D eigenvalue weighted by Gasteiger charge is 1.93. The summed E-state index contributed by atoms with van der Waals surface area (Å²) >= 11 is 8.16. The average molecular weight is 172 g/mol. The van der Waals surface area contributed by atoms with Gasteiger partial charge in [-0.2, -0.15) is 25.3 Å². The predicted octanol–water partition coefficient (Wildman–Crippen LogP) is 1.34. The minimum absolute atomic E-state index is 0.656. The molecule has 4 heteroatoms. The molecule has 1 heterocycles. The van der Waals surface area contributed by atoms with Crippen LogP contribution in [0.25, 0.3) is 0 Å². The van der Waals surface area contributed by atoms with Crippen LogP contribution in [0.15, 0.2) is 12.4 Å². The van der Waals surface area contributed by atoms with E-state index in [1.165, 1.54) is 6.33 Å². The lowest BCUT2D eigenvalue weighted by Crippen LogP contribution is -1.90. The van der Waals surface area contributed by atoms with Crippen LogP contribution in [0.5, 0.6) is 0 Å². The fourth-order valence-corrected chi connectivity index (χ4v) is 0.963. The van der Waals surface area contributed by atoms with Crippen LogP contribution < -0.4 is 0 Å². The molecule has 1 rings (SSSR count). The van der Waals surface area contributed by atoms with E-state index < -0.39 is 0 Å². The van der Waals surface area contributed by atoms with Gasteiger partial charge in [0.1, 0.15) is 6.33 Å². The van der Waals surface area contributed by atoms with E-state index in [1.807, 2.05) is 6.07 Å². The van der Waals surface area contributed by atoms with Gasteiger partial charge in [-0.15, -0.1) is 0 Å². The van der Waals surface area contributed by atoms with Crippen molar-refractivity contribution in [1.29, 1.82) is 0 Å². The Morgan fingerprint density at radius 2 is 1.60 bits per heavy atom. The van der Waals surface area contributed by atoms with Crippen molar-refractivity contribution in [3.63, 3.8) is 0 Å². The third-order valence-corrected chi connectivity index (χ3v) is 1.75. The second kappa shape index (κ2) is 3.83. The lowest BCUT2D eigenvalue weighted by molar-refractivity contribution is 1.04. The Labute approximate surface area is 70.9 Å². The smallest absolute Gasteiger partial charge is 0.115 e. The topological polar surface area (TPSA) is 25.8 Å². The minimum atomic E-state index is 0.656. The average Bonchev–Trinajstić information content (AvgIpc) is 2.05. The lowest BCUT2D eigenvalue weighted by Gasteiger charge is -1.95. The number of hydrogen-bond donors (Lipinski definition) is 2. The van der Waals surface area contributed by atoms with Gasteiger partial charge in [0.25, 0.3) is 0 Å². The van der Waals surface area contributed by atoms with E-state index in [9.17, 15) is 0 Å². The zero-order chi connectivity index (χ0) is 7.40. The summed E-state index contributed by atoms with van der Waals surface area (Å²) in [6.07, 6.45) is 1.54. The first kappa shape index (κ1) is 7.88. The highest BCUT2D eigenvalue weighted by molar-refractivity contribution is 7.79. The van der Waals surface area contributed by atoms with E-state index in [0.29, 0.717) is 11.5 Å². The highest BCUT2D eigenvalue weighted by Crippen LogP contribution is 2.02. The van der Waals surface area contributed by atoms with Gasteiger partial charge in [0.05, 0.1) is 11.4 Å². The van der Waals surface area contributed by atoms with Gasteiger partial charge in [-0.1, -0.05) is 0 Å². The summed E-state index contributed by atoms with van der Waals surface area (Å²) in [6, 6.07) is 1.90. The zero-order valence-electron chi connectivity index (χ0n) is 5.36. The van der Waals surface area contributed by atoms with Crippen LogP contribution in [-0.4, -0.2) is 9.97 Å². The van der Waals surface area contributed by atoms with Crippen molar-refractivity contribution in [2.75, 3.05) is 0 Å². The third kappa shape index (κ3) is 1.88. The number of aromatic nitrogens is 2. The van der Waals surface area contributed by atoms with E-state index in [2.05, 4.69) is 35.2 Å². The third-order valence-electron chi connectivity index (χ3n) is 1.10. The molecule has 2 nitrogen and oxygen atoms in total. The van der Waals surface area contributed by atoms with Crippen LogP contribution in [0.1, 0.15) is 11.4 Å². The van der Waals surface area contributed by atoms with Gasteiger partial charge in [0.15, 0.2) is 0 Å². The first-order valence-corrected chi connectivity index (χ1v) is 4.15. The van der Waals surface area contributed by atoms with Crippen LogP contribution in [0, 0.1) is 0 Å². The molecule has 0 fully saturated rings. The molecule has 1 aromatic rings. The molecule has 0 saturated carbocycles. The molecule has 0 saturated heterocycles. The van der Waals surface area contributed by atoms with Crippen molar-refractivity contribution in [2.45, 2.75) is 11.5 Å². The molecule has 1 aromatic heterocycles. The second-order valence-corrected chi connectivity index (χ2v) is 2.45. The molecule has 0 unspecified atom stereocenters. The molecule has 0 aliphatic heterocycles. The van der Waals surface area contributed by atoms with Crippen molar-refractivity contribution < 1.29 is 0 Å². The standard InChI is InChI=1S/C6H8N2S2/c9-2-5-1-6(3-10)8-4-7-5/h1,4,9-10H,2-3H2. The van der Waals surface area contributed by atoms with Gasteiger partial charge >= 0.3 is 0 Å². The first-order chi connectivity index (χ1) is 4.86. The zero-order valence-corrected chi connectivity index (χ0v) is 7.15. The van der Waals surface area contributed by atoms with Crippen molar-refractivity contribution in [1.82, 2.24) is 9.97 Å². The fraction of sp³-hybridized carbons (Fsp3) is 0.333. The molecule has 0 amide bonds. The highest BCUT2D eigenvalue weighted by atomic mass is 32.1. The Balaban J connectivity index is 2.87.